The molecule has 15 heavy (non-hydrogen) atoms. The van der Waals surface area contributed by atoms with E-state index in [2.05, 4.69) is 0 Å². The molecule has 0 aliphatic carbocycles. The molecule has 0 spiro atoms. The average molecular weight is 228 g/mol. The number of hydrogen-bond acceptors (Lipinski definition) is 3. The lowest BCUT2D eigenvalue weighted by Gasteiger charge is -2.02. The van der Waals surface area contributed by atoms with Crippen molar-refractivity contribution in [3.8, 4) is 5.75 Å². The van der Waals surface area contributed by atoms with Crippen LogP contribution in [-0.4, -0.2) is 12.0 Å². The lowest BCUT2D eigenvalue weighted by molar-refractivity contribution is -0.422. The molecule has 0 aliphatic rings. The molecule has 0 saturated carbocycles. The molecule has 0 aromatic heterocycles. The van der Waals surface area contributed by atoms with Gasteiger partial charge in [-0.25, -0.2) is 0 Å². The highest BCUT2D eigenvalue weighted by molar-refractivity contribution is 6.32. The van der Waals surface area contributed by atoms with Gasteiger partial charge in [0.05, 0.1) is 17.1 Å². The highest BCUT2D eigenvalue weighted by Gasteiger charge is 2.04. The van der Waals surface area contributed by atoms with Gasteiger partial charge in [-0.05, 0) is 17.7 Å². The maximum atomic E-state index is 10.4. The second-order valence-corrected chi connectivity index (χ2v) is 3.34. The zero-order valence-corrected chi connectivity index (χ0v) is 9.12. The normalized spacial score (nSPS) is 11.3. The Morgan fingerprint density at radius 2 is 2.27 bits per heavy atom. The first kappa shape index (κ1) is 11.5. The summed E-state index contributed by atoms with van der Waals surface area (Å²) in [6, 6.07) is 4.99. The first-order valence-electron chi connectivity index (χ1n) is 4.21. The topological polar surface area (TPSA) is 52.4 Å². The van der Waals surface area contributed by atoms with E-state index >= 15 is 0 Å². The second-order valence-electron chi connectivity index (χ2n) is 2.94. The predicted molar refractivity (Wildman–Crippen MR) is 58.6 cm³/mol. The number of nitro groups is 1. The van der Waals surface area contributed by atoms with Crippen LogP contribution < -0.4 is 4.74 Å². The maximum absolute atomic E-state index is 10.4. The van der Waals surface area contributed by atoms with Gasteiger partial charge in [0, 0.05) is 13.0 Å². The third-order valence-corrected chi connectivity index (χ3v) is 2.13. The van der Waals surface area contributed by atoms with E-state index in [0.717, 1.165) is 0 Å². The van der Waals surface area contributed by atoms with E-state index in [4.69, 9.17) is 16.3 Å². The Bertz CT molecular complexity index is 415. The van der Waals surface area contributed by atoms with E-state index in [1.54, 1.807) is 18.2 Å². The summed E-state index contributed by atoms with van der Waals surface area (Å²) in [5, 5.41) is 10.8. The molecule has 1 rings (SSSR count). The van der Waals surface area contributed by atoms with Crippen molar-refractivity contribution in [1.29, 1.82) is 0 Å². The Morgan fingerprint density at radius 3 is 2.73 bits per heavy atom. The predicted octanol–water partition coefficient (Wildman–Crippen LogP) is 2.99. The molecule has 1 aromatic rings. The summed E-state index contributed by atoms with van der Waals surface area (Å²) in [6.07, 6.45) is 1.45. The van der Waals surface area contributed by atoms with E-state index < -0.39 is 4.92 Å². The van der Waals surface area contributed by atoms with Crippen molar-refractivity contribution in [2.75, 3.05) is 7.11 Å². The number of methoxy groups -OCH3 is 1. The zero-order valence-electron chi connectivity index (χ0n) is 8.36. The minimum absolute atomic E-state index is 0.0660. The SMILES string of the molecule is COc1ccc(/C=C(/C)[N+](=O)[O-])cc1Cl. The van der Waals surface area contributed by atoms with Crippen LogP contribution in [0.25, 0.3) is 6.08 Å². The van der Waals surface area contributed by atoms with E-state index in [0.29, 0.717) is 16.3 Å². The molecule has 0 bridgehead atoms. The monoisotopic (exact) mass is 227 g/mol. The van der Waals surface area contributed by atoms with Gasteiger partial charge >= 0.3 is 0 Å². The fourth-order valence-electron chi connectivity index (χ4n) is 1.07. The summed E-state index contributed by atoms with van der Waals surface area (Å²) in [5.41, 5.74) is 0.742. The third kappa shape index (κ3) is 2.95. The molecule has 0 amide bonds. The number of benzene rings is 1. The molecule has 0 radical (unpaired) electrons. The van der Waals surface area contributed by atoms with Crippen molar-refractivity contribution < 1.29 is 9.66 Å². The van der Waals surface area contributed by atoms with Crippen LogP contribution in [0.5, 0.6) is 5.75 Å². The fourth-order valence-corrected chi connectivity index (χ4v) is 1.33. The van der Waals surface area contributed by atoms with E-state index in [1.165, 1.54) is 20.1 Å². The minimum Gasteiger partial charge on any atom is -0.495 e. The number of ether oxygens (including phenoxy) is 1. The molecule has 0 N–H and O–H groups in total. The number of allylic oxidation sites excluding steroid dienone is 1. The van der Waals surface area contributed by atoms with Gasteiger partial charge in [0.1, 0.15) is 5.75 Å². The number of hydrogen-bond donors (Lipinski definition) is 0. The van der Waals surface area contributed by atoms with Crippen LogP contribution in [-0.2, 0) is 0 Å². The molecule has 4 nitrogen and oxygen atoms in total. The lowest BCUT2D eigenvalue weighted by Crippen LogP contribution is -1.93. The van der Waals surface area contributed by atoms with Crippen molar-refractivity contribution in [2.45, 2.75) is 6.92 Å². The third-order valence-electron chi connectivity index (χ3n) is 1.84. The Labute approximate surface area is 92.3 Å². The van der Waals surface area contributed by atoms with Gasteiger partial charge in [-0.2, -0.15) is 0 Å². The molecule has 0 saturated heterocycles. The van der Waals surface area contributed by atoms with Gasteiger partial charge in [-0.3, -0.25) is 10.1 Å². The quantitative estimate of drug-likeness (QED) is 0.589. The average Bonchev–Trinajstić information content (AvgIpc) is 2.18. The molecule has 5 heteroatoms. The summed E-state index contributed by atoms with van der Waals surface area (Å²) >= 11 is 5.87. The molecular weight excluding hydrogens is 218 g/mol. The van der Waals surface area contributed by atoms with Gasteiger partial charge in [-0.15, -0.1) is 0 Å². The molecular formula is C10H10ClNO3. The molecule has 0 heterocycles. The van der Waals surface area contributed by atoms with Crippen molar-refractivity contribution >= 4 is 17.7 Å². The Kier molecular flexibility index (Phi) is 3.68. The van der Waals surface area contributed by atoms with Crippen molar-refractivity contribution in [3.63, 3.8) is 0 Å². The number of halogens is 1. The fraction of sp³-hybridized carbons (Fsp3) is 0.200. The standard InChI is InChI=1S/C10H10ClNO3/c1-7(12(13)14)5-8-3-4-10(15-2)9(11)6-8/h3-6H,1-2H3/b7-5-. The van der Waals surface area contributed by atoms with Crippen LogP contribution in [0.15, 0.2) is 23.9 Å². The summed E-state index contributed by atoms with van der Waals surface area (Å²) in [5.74, 6) is 0.549. The molecule has 0 fully saturated rings. The van der Waals surface area contributed by atoms with Crippen molar-refractivity contribution in [1.82, 2.24) is 0 Å². The molecule has 80 valence electrons. The number of rotatable bonds is 3. The van der Waals surface area contributed by atoms with Gasteiger partial charge < -0.3 is 4.74 Å². The maximum Gasteiger partial charge on any atom is 0.243 e. The summed E-state index contributed by atoms with van der Waals surface area (Å²) in [6.45, 7) is 1.43. The molecule has 0 unspecified atom stereocenters. The van der Waals surface area contributed by atoms with Crippen molar-refractivity contribution in [3.05, 3.63) is 44.6 Å². The zero-order chi connectivity index (χ0) is 11.4. The minimum atomic E-state index is -0.446. The van der Waals surface area contributed by atoms with E-state index in [-0.39, 0.29) is 5.70 Å². The van der Waals surface area contributed by atoms with Crippen LogP contribution in [0.2, 0.25) is 5.02 Å². The Morgan fingerprint density at radius 1 is 1.60 bits per heavy atom. The van der Waals surface area contributed by atoms with Crippen LogP contribution in [0.4, 0.5) is 0 Å². The van der Waals surface area contributed by atoms with Crippen LogP contribution >= 0.6 is 11.6 Å². The largest absolute Gasteiger partial charge is 0.495 e. The van der Waals surface area contributed by atoms with Gasteiger partial charge in [-0.1, -0.05) is 17.7 Å². The molecule has 1 aromatic carbocycles. The summed E-state index contributed by atoms with van der Waals surface area (Å²) < 4.78 is 4.97. The van der Waals surface area contributed by atoms with Crippen LogP contribution in [0.3, 0.4) is 0 Å². The Balaban J connectivity index is 3.03. The second kappa shape index (κ2) is 4.79. The molecule has 0 aliphatic heterocycles. The highest BCUT2D eigenvalue weighted by Crippen LogP contribution is 2.25. The van der Waals surface area contributed by atoms with Gasteiger partial charge in [0.2, 0.25) is 5.70 Å². The van der Waals surface area contributed by atoms with Crippen LogP contribution in [0, 0.1) is 10.1 Å². The highest BCUT2D eigenvalue weighted by atomic mass is 35.5. The van der Waals surface area contributed by atoms with E-state index in [1.807, 2.05) is 0 Å². The van der Waals surface area contributed by atoms with Crippen LogP contribution in [0.1, 0.15) is 12.5 Å². The summed E-state index contributed by atoms with van der Waals surface area (Å²) in [4.78, 5) is 9.94. The van der Waals surface area contributed by atoms with Gasteiger partial charge in [0.25, 0.3) is 0 Å². The number of nitrogens with zero attached hydrogens (tertiary/aromatic N) is 1. The Hall–Kier alpha value is -1.55. The van der Waals surface area contributed by atoms with Crippen molar-refractivity contribution in [2.24, 2.45) is 0 Å². The molecule has 0 atom stereocenters. The van der Waals surface area contributed by atoms with Gasteiger partial charge in [0.15, 0.2) is 0 Å². The first-order chi connectivity index (χ1) is 7.04. The lowest BCUT2D eigenvalue weighted by atomic mass is 10.2. The van der Waals surface area contributed by atoms with E-state index in [9.17, 15) is 10.1 Å². The first-order valence-corrected chi connectivity index (χ1v) is 4.58. The summed E-state index contributed by atoms with van der Waals surface area (Å²) in [7, 11) is 1.51. The smallest absolute Gasteiger partial charge is 0.243 e.